The second kappa shape index (κ2) is 11.5. The Morgan fingerprint density at radius 1 is 1.11 bits per heavy atom. The van der Waals surface area contributed by atoms with Crippen molar-refractivity contribution in [2.24, 2.45) is 11.8 Å². The summed E-state index contributed by atoms with van der Waals surface area (Å²) in [5.74, 6) is 2.32. The van der Waals surface area contributed by atoms with Crippen molar-refractivity contribution in [3.63, 3.8) is 0 Å². The van der Waals surface area contributed by atoms with Crippen LogP contribution in [-0.2, 0) is 9.59 Å². The molecule has 1 aromatic heterocycles. The molecule has 35 heavy (non-hydrogen) atoms. The molecular formula is C27H37N5O3. The molecular weight excluding hydrogens is 442 g/mol. The summed E-state index contributed by atoms with van der Waals surface area (Å²) in [4.78, 5) is 31.8. The van der Waals surface area contributed by atoms with E-state index in [0.717, 1.165) is 55.1 Å². The van der Waals surface area contributed by atoms with Crippen LogP contribution in [0.4, 0.5) is 5.82 Å². The minimum atomic E-state index is 0.0450. The molecule has 1 aliphatic carbocycles. The van der Waals surface area contributed by atoms with Crippen molar-refractivity contribution >= 4 is 17.6 Å². The Kier molecular flexibility index (Phi) is 8.21. The summed E-state index contributed by atoms with van der Waals surface area (Å²) in [6.45, 7) is 7.94. The lowest BCUT2D eigenvalue weighted by Crippen LogP contribution is -2.46. The standard InChI is InChI=1S/C27H37N5O3/c1-4-20(2)18-32(27(34)21-9-10-21)19-26(33)31-14-6-13-30(15-16-31)25-12-11-24(28-29-25)22-7-5-8-23(17-22)35-3/h5,7-8,11-12,17,20-21H,4,6,9-10,13-16,18-19H2,1-3H3. The van der Waals surface area contributed by atoms with Crippen LogP contribution in [0.15, 0.2) is 36.4 Å². The Morgan fingerprint density at radius 2 is 1.94 bits per heavy atom. The first kappa shape index (κ1) is 24.9. The largest absolute Gasteiger partial charge is 0.497 e. The Morgan fingerprint density at radius 3 is 2.63 bits per heavy atom. The molecule has 1 aromatic carbocycles. The van der Waals surface area contributed by atoms with Gasteiger partial charge < -0.3 is 19.4 Å². The van der Waals surface area contributed by atoms with Crippen LogP contribution in [0.2, 0.25) is 0 Å². The Labute approximate surface area is 208 Å². The number of carbonyl (C=O) groups is 2. The molecule has 188 valence electrons. The van der Waals surface area contributed by atoms with Crippen molar-refractivity contribution in [1.29, 1.82) is 0 Å². The molecule has 2 aliphatic rings. The number of methoxy groups -OCH3 is 1. The highest BCUT2D eigenvalue weighted by atomic mass is 16.5. The average Bonchev–Trinajstić information content (AvgIpc) is 3.75. The number of nitrogens with zero attached hydrogens (tertiary/aromatic N) is 5. The van der Waals surface area contributed by atoms with E-state index in [1.807, 2.05) is 41.3 Å². The summed E-state index contributed by atoms with van der Waals surface area (Å²) >= 11 is 0. The second-order valence-electron chi connectivity index (χ2n) is 9.74. The third-order valence-electron chi connectivity index (χ3n) is 6.98. The van der Waals surface area contributed by atoms with Gasteiger partial charge in [-0.1, -0.05) is 32.4 Å². The molecule has 2 fully saturated rings. The summed E-state index contributed by atoms with van der Waals surface area (Å²) in [6, 6.07) is 11.7. The summed E-state index contributed by atoms with van der Waals surface area (Å²) in [7, 11) is 1.65. The first-order chi connectivity index (χ1) is 17.0. The molecule has 1 unspecified atom stereocenters. The molecule has 1 saturated carbocycles. The normalized spacial score (nSPS) is 17.0. The van der Waals surface area contributed by atoms with Crippen LogP contribution in [-0.4, -0.2) is 78.2 Å². The monoisotopic (exact) mass is 479 g/mol. The van der Waals surface area contributed by atoms with Gasteiger partial charge in [0.2, 0.25) is 11.8 Å². The number of aromatic nitrogens is 2. The summed E-state index contributed by atoms with van der Waals surface area (Å²) in [5.41, 5.74) is 1.75. The fourth-order valence-corrected chi connectivity index (χ4v) is 4.42. The van der Waals surface area contributed by atoms with E-state index in [2.05, 4.69) is 28.9 Å². The zero-order valence-corrected chi connectivity index (χ0v) is 21.2. The van der Waals surface area contributed by atoms with Gasteiger partial charge in [-0.15, -0.1) is 10.2 Å². The predicted molar refractivity (Wildman–Crippen MR) is 136 cm³/mol. The lowest BCUT2D eigenvalue weighted by atomic mass is 10.1. The van der Waals surface area contributed by atoms with E-state index in [0.29, 0.717) is 32.1 Å². The minimum Gasteiger partial charge on any atom is -0.497 e. The number of amides is 2. The highest BCUT2D eigenvalue weighted by Crippen LogP contribution is 2.31. The number of ether oxygens (including phenoxy) is 1. The number of hydrogen-bond acceptors (Lipinski definition) is 6. The maximum Gasteiger partial charge on any atom is 0.242 e. The number of hydrogen-bond donors (Lipinski definition) is 0. The lowest BCUT2D eigenvalue weighted by molar-refractivity contribution is -0.141. The smallest absolute Gasteiger partial charge is 0.242 e. The van der Waals surface area contributed by atoms with Crippen LogP contribution in [0.1, 0.15) is 39.5 Å². The Hall–Kier alpha value is -3.16. The van der Waals surface area contributed by atoms with Gasteiger partial charge in [-0.3, -0.25) is 9.59 Å². The van der Waals surface area contributed by atoms with Crippen molar-refractivity contribution in [2.45, 2.75) is 39.5 Å². The molecule has 0 bridgehead atoms. The van der Waals surface area contributed by atoms with Gasteiger partial charge >= 0.3 is 0 Å². The van der Waals surface area contributed by atoms with E-state index in [4.69, 9.17) is 4.74 Å². The molecule has 2 heterocycles. The SMILES string of the molecule is CCC(C)CN(CC(=O)N1CCCN(c2ccc(-c3cccc(OC)c3)nn2)CC1)C(=O)C1CC1. The zero-order chi connectivity index (χ0) is 24.8. The van der Waals surface area contributed by atoms with E-state index in [1.165, 1.54) is 0 Å². The molecule has 8 nitrogen and oxygen atoms in total. The molecule has 0 spiro atoms. The number of anilines is 1. The molecule has 2 aromatic rings. The fourth-order valence-electron chi connectivity index (χ4n) is 4.42. The molecule has 1 saturated heterocycles. The molecule has 2 amide bonds. The van der Waals surface area contributed by atoms with Crippen LogP contribution >= 0.6 is 0 Å². The van der Waals surface area contributed by atoms with Crippen molar-refractivity contribution in [2.75, 3.05) is 51.3 Å². The van der Waals surface area contributed by atoms with Crippen molar-refractivity contribution in [3.8, 4) is 17.0 Å². The van der Waals surface area contributed by atoms with Crippen LogP contribution in [0.5, 0.6) is 5.75 Å². The zero-order valence-electron chi connectivity index (χ0n) is 21.2. The van der Waals surface area contributed by atoms with E-state index >= 15 is 0 Å². The first-order valence-corrected chi connectivity index (χ1v) is 12.8. The summed E-state index contributed by atoms with van der Waals surface area (Å²) < 4.78 is 5.30. The van der Waals surface area contributed by atoms with E-state index in [-0.39, 0.29) is 24.3 Å². The quantitative estimate of drug-likeness (QED) is 0.548. The first-order valence-electron chi connectivity index (χ1n) is 12.8. The van der Waals surface area contributed by atoms with E-state index in [9.17, 15) is 9.59 Å². The minimum absolute atomic E-state index is 0.0450. The molecule has 4 rings (SSSR count). The maximum atomic E-state index is 13.2. The fraction of sp³-hybridized carbons (Fsp3) is 0.556. The van der Waals surface area contributed by atoms with Crippen molar-refractivity contribution < 1.29 is 14.3 Å². The highest BCUT2D eigenvalue weighted by Gasteiger charge is 2.35. The predicted octanol–water partition coefficient (Wildman–Crippen LogP) is 3.48. The van der Waals surface area contributed by atoms with Gasteiger partial charge in [0, 0.05) is 44.2 Å². The second-order valence-corrected chi connectivity index (χ2v) is 9.74. The molecule has 8 heteroatoms. The van der Waals surface area contributed by atoms with Crippen LogP contribution < -0.4 is 9.64 Å². The van der Waals surface area contributed by atoms with Gasteiger partial charge in [0.1, 0.15) is 5.75 Å². The molecule has 0 radical (unpaired) electrons. The van der Waals surface area contributed by atoms with Gasteiger partial charge in [0.25, 0.3) is 0 Å². The highest BCUT2D eigenvalue weighted by molar-refractivity contribution is 5.87. The van der Waals surface area contributed by atoms with Crippen molar-refractivity contribution in [1.82, 2.24) is 20.0 Å². The lowest BCUT2D eigenvalue weighted by Gasteiger charge is -2.29. The van der Waals surface area contributed by atoms with Crippen LogP contribution in [0, 0.1) is 11.8 Å². The third-order valence-corrected chi connectivity index (χ3v) is 6.98. The van der Waals surface area contributed by atoms with Gasteiger partial charge in [-0.2, -0.15) is 0 Å². The molecule has 0 N–H and O–H groups in total. The van der Waals surface area contributed by atoms with Gasteiger partial charge in [0.05, 0.1) is 19.3 Å². The number of benzene rings is 1. The molecule has 1 aliphatic heterocycles. The van der Waals surface area contributed by atoms with E-state index in [1.54, 1.807) is 12.0 Å². The van der Waals surface area contributed by atoms with Crippen molar-refractivity contribution in [3.05, 3.63) is 36.4 Å². The average molecular weight is 480 g/mol. The number of rotatable bonds is 9. The summed E-state index contributed by atoms with van der Waals surface area (Å²) in [5, 5.41) is 8.89. The Bertz CT molecular complexity index is 1010. The third kappa shape index (κ3) is 6.50. The van der Waals surface area contributed by atoms with Gasteiger partial charge in [-0.05, 0) is 49.4 Å². The number of carbonyl (C=O) groups excluding carboxylic acids is 2. The summed E-state index contributed by atoms with van der Waals surface area (Å²) in [6.07, 6.45) is 3.77. The van der Waals surface area contributed by atoms with E-state index < -0.39 is 0 Å². The topological polar surface area (TPSA) is 78.9 Å². The van der Waals surface area contributed by atoms with Gasteiger partial charge in [0.15, 0.2) is 5.82 Å². The Balaban J connectivity index is 1.35. The van der Waals surface area contributed by atoms with Crippen LogP contribution in [0.25, 0.3) is 11.3 Å². The molecule has 1 atom stereocenters. The van der Waals surface area contributed by atoms with Crippen LogP contribution in [0.3, 0.4) is 0 Å². The van der Waals surface area contributed by atoms with Gasteiger partial charge in [-0.25, -0.2) is 0 Å². The maximum absolute atomic E-state index is 13.2.